The van der Waals surface area contributed by atoms with Crippen LogP contribution in [0.25, 0.3) is 0 Å². The Morgan fingerprint density at radius 3 is 2.36 bits per heavy atom. The molecule has 0 aromatic carbocycles. The highest BCUT2D eigenvalue weighted by atomic mass is 19.3. The Bertz CT molecular complexity index is 194. The molecule has 2 N–H and O–H groups in total. The first-order valence-electron chi connectivity index (χ1n) is 5.35. The molecule has 0 spiro atoms. The molecule has 0 amide bonds. The lowest BCUT2D eigenvalue weighted by Gasteiger charge is -2.40. The SMILES string of the molecule is CC1CN(C2CC(C(F)F)C2)CC1N. The van der Waals surface area contributed by atoms with Crippen molar-refractivity contribution in [2.24, 2.45) is 17.6 Å². The van der Waals surface area contributed by atoms with Gasteiger partial charge >= 0.3 is 0 Å². The highest BCUT2D eigenvalue weighted by Crippen LogP contribution is 2.37. The van der Waals surface area contributed by atoms with Crippen LogP contribution in [0.1, 0.15) is 19.8 Å². The lowest BCUT2D eigenvalue weighted by molar-refractivity contribution is -0.0171. The lowest BCUT2D eigenvalue weighted by atomic mass is 9.79. The second-order valence-electron chi connectivity index (χ2n) is 4.81. The normalized spacial score (nSPS) is 44.4. The molecule has 82 valence electrons. The summed E-state index contributed by atoms with van der Waals surface area (Å²) in [6.07, 6.45) is -0.797. The van der Waals surface area contributed by atoms with Crippen LogP contribution in [0.2, 0.25) is 0 Å². The van der Waals surface area contributed by atoms with Gasteiger partial charge in [-0.15, -0.1) is 0 Å². The molecule has 1 heterocycles. The number of alkyl halides is 2. The average molecular weight is 204 g/mol. The fourth-order valence-corrected chi connectivity index (χ4v) is 2.46. The molecule has 1 saturated carbocycles. The quantitative estimate of drug-likeness (QED) is 0.735. The van der Waals surface area contributed by atoms with Gasteiger partial charge in [-0.05, 0) is 18.8 Å². The van der Waals surface area contributed by atoms with Crippen LogP contribution < -0.4 is 5.73 Å². The Kier molecular flexibility index (Phi) is 2.75. The summed E-state index contributed by atoms with van der Waals surface area (Å²) in [6.45, 7) is 4.01. The molecule has 2 unspecified atom stereocenters. The van der Waals surface area contributed by atoms with E-state index in [1.165, 1.54) is 0 Å². The van der Waals surface area contributed by atoms with Gasteiger partial charge in [0, 0.05) is 31.1 Å². The van der Waals surface area contributed by atoms with E-state index in [1.54, 1.807) is 0 Å². The van der Waals surface area contributed by atoms with Crippen molar-refractivity contribution in [1.29, 1.82) is 0 Å². The van der Waals surface area contributed by atoms with Gasteiger partial charge in [0.25, 0.3) is 0 Å². The molecule has 2 nitrogen and oxygen atoms in total. The van der Waals surface area contributed by atoms with Crippen LogP contribution in [0.3, 0.4) is 0 Å². The van der Waals surface area contributed by atoms with Gasteiger partial charge in [-0.25, -0.2) is 8.78 Å². The van der Waals surface area contributed by atoms with E-state index in [4.69, 9.17) is 5.73 Å². The standard InChI is InChI=1S/C10H18F2N2/c1-6-4-14(5-9(6)13)8-2-7(3-8)10(11)12/h6-10H,2-5,13H2,1H3. The Morgan fingerprint density at radius 1 is 1.29 bits per heavy atom. The van der Waals surface area contributed by atoms with Crippen LogP contribution in [0, 0.1) is 11.8 Å². The summed E-state index contributed by atoms with van der Waals surface area (Å²) in [5, 5.41) is 0. The first-order chi connectivity index (χ1) is 6.58. The number of nitrogens with zero attached hydrogens (tertiary/aromatic N) is 1. The summed E-state index contributed by atoms with van der Waals surface area (Å²) in [6, 6.07) is 0.616. The van der Waals surface area contributed by atoms with Crippen molar-refractivity contribution in [2.45, 2.75) is 38.3 Å². The summed E-state index contributed by atoms with van der Waals surface area (Å²) in [5.74, 6) is 0.160. The monoisotopic (exact) mass is 204 g/mol. The molecule has 1 aliphatic heterocycles. The third kappa shape index (κ3) is 1.77. The molecule has 1 aliphatic carbocycles. The molecule has 1 saturated heterocycles. The van der Waals surface area contributed by atoms with Crippen LogP contribution in [-0.4, -0.2) is 36.5 Å². The van der Waals surface area contributed by atoms with Gasteiger partial charge < -0.3 is 5.73 Å². The summed E-state index contributed by atoms with van der Waals surface area (Å²) >= 11 is 0. The number of hydrogen-bond acceptors (Lipinski definition) is 2. The van der Waals surface area contributed by atoms with Crippen LogP contribution in [0.5, 0.6) is 0 Å². The minimum absolute atomic E-state index is 0.237. The van der Waals surface area contributed by atoms with Crippen LogP contribution in [0.15, 0.2) is 0 Å². The summed E-state index contributed by atoms with van der Waals surface area (Å²) in [7, 11) is 0. The van der Waals surface area contributed by atoms with Gasteiger partial charge in [-0.3, -0.25) is 4.90 Å². The Morgan fingerprint density at radius 2 is 1.93 bits per heavy atom. The summed E-state index contributed by atoms with van der Waals surface area (Å²) in [5.41, 5.74) is 5.89. The first-order valence-corrected chi connectivity index (χ1v) is 5.35. The zero-order valence-electron chi connectivity index (χ0n) is 8.50. The van der Waals surface area contributed by atoms with E-state index in [2.05, 4.69) is 11.8 Å². The third-order valence-electron chi connectivity index (χ3n) is 3.72. The van der Waals surface area contributed by atoms with Crippen molar-refractivity contribution in [3.8, 4) is 0 Å². The summed E-state index contributed by atoms with van der Waals surface area (Å²) in [4.78, 5) is 2.29. The molecule has 0 radical (unpaired) electrons. The van der Waals surface area contributed by atoms with Crippen molar-refractivity contribution < 1.29 is 8.78 Å². The first kappa shape index (κ1) is 10.3. The highest BCUT2D eigenvalue weighted by molar-refractivity contribution is 4.94. The van der Waals surface area contributed by atoms with Gasteiger partial charge in [-0.2, -0.15) is 0 Å². The van der Waals surface area contributed by atoms with E-state index >= 15 is 0 Å². The fourth-order valence-electron chi connectivity index (χ4n) is 2.46. The van der Waals surface area contributed by atoms with Crippen LogP contribution >= 0.6 is 0 Å². The Labute approximate surface area is 83.4 Å². The van der Waals surface area contributed by atoms with E-state index in [0.717, 1.165) is 13.1 Å². The largest absolute Gasteiger partial charge is 0.326 e. The van der Waals surface area contributed by atoms with Crippen LogP contribution in [-0.2, 0) is 0 Å². The predicted octanol–water partition coefficient (Wildman–Crippen LogP) is 1.31. The van der Waals surface area contributed by atoms with E-state index in [9.17, 15) is 8.78 Å². The zero-order chi connectivity index (χ0) is 10.3. The minimum atomic E-state index is -2.13. The van der Waals surface area contributed by atoms with Crippen molar-refractivity contribution >= 4 is 0 Å². The molecule has 0 bridgehead atoms. The predicted molar refractivity (Wildman–Crippen MR) is 51.2 cm³/mol. The molecule has 0 aromatic rings. The van der Waals surface area contributed by atoms with E-state index in [0.29, 0.717) is 24.8 Å². The van der Waals surface area contributed by atoms with Gasteiger partial charge in [0.15, 0.2) is 0 Å². The fraction of sp³-hybridized carbons (Fsp3) is 1.00. The second-order valence-corrected chi connectivity index (χ2v) is 4.81. The maximum Gasteiger partial charge on any atom is 0.241 e. The number of nitrogens with two attached hydrogens (primary N) is 1. The van der Waals surface area contributed by atoms with Crippen molar-refractivity contribution in [1.82, 2.24) is 4.90 Å². The maximum absolute atomic E-state index is 12.3. The van der Waals surface area contributed by atoms with Gasteiger partial charge in [0.05, 0.1) is 0 Å². The van der Waals surface area contributed by atoms with Gasteiger partial charge in [-0.1, -0.05) is 6.92 Å². The average Bonchev–Trinajstić information content (AvgIpc) is 2.27. The molecule has 14 heavy (non-hydrogen) atoms. The molecule has 4 heteroatoms. The molecular formula is C10H18F2N2. The van der Waals surface area contributed by atoms with Crippen molar-refractivity contribution in [2.75, 3.05) is 13.1 Å². The minimum Gasteiger partial charge on any atom is -0.326 e. The van der Waals surface area contributed by atoms with Crippen LogP contribution in [0.4, 0.5) is 8.78 Å². The summed E-state index contributed by atoms with van der Waals surface area (Å²) < 4.78 is 24.5. The molecule has 0 aromatic heterocycles. The number of likely N-dealkylation sites (tertiary alicyclic amines) is 1. The van der Waals surface area contributed by atoms with Gasteiger partial charge in [0.1, 0.15) is 0 Å². The smallest absolute Gasteiger partial charge is 0.241 e. The van der Waals surface area contributed by atoms with E-state index in [1.807, 2.05) is 0 Å². The third-order valence-corrected chi connectivity index (χ3v) is 3.72. The molecular weight excluding hydrogens is 186 g/mol. The van der Waals surface area contributed by atoms with Crippen molar-refractivity contribution in [3.63, 3.8) is 0 Å². The topological polar surface area (TPSA) is 29.3 Å². The molecule has 2 aliphatic rings. The Balaban J connectivity index is 1.78. The highest BCUT2D eigenvalue weighted by Gasteiger charge is 2.41. The Hall–Kier alpha value is -0.220. The maximum atomic E-state index is 12.3. The second kappa shape index (κ2) is 3.74. The lowest BCUT2D eigenvalue weighted by Crippen LogP contribution is -2.46. The number of rotatable bonds is 2. The number of hydrogen-bond donors (Lipinski definition) is 1. The van der Waals surface area contributed by atoms with Gasteiger partial charge in [0.2, 0.25) is 6.43 Å². The van der Waals surface area contributed by atoms with Crippen molar-refractivity contribution in [3.05, 3.63) is 0 Å². The number of halogens is 2. The van der Waals surface area contributed by atoms with E-state index in [-0.39, 0.29) is 12.0 Å². The molecule has 2 atom stereocenters. The van der Waals surface area contributed by atoms with E-state index < -0.39 is 6.43 Å². The molecule has 2 fully saturated rings. The molecule has 2 rings (SSSR count). The zero-order valence-corrected chi connectivity index (χ0v) is 8.50.